The van der Waals surface area contributed by atoms with Gasteiger partial charge in [-0.3, -0.25) is 0 Å². The van der Waals surface area contributed by atoms with Crippen molar-refractivity contribution < 1.29 is 8.42 Å². The molecule has 106 valence electrons. The lowest BCUT2D eigenvalue weighted by atomic mass is 9.99. The summed E-state index contributed by atoms with van der Waals surface area (Å²) in [6, 6.07) is 2.44. The van der Waals surface area contributed by atoms with Gasteiger partial charge in [-0.2, -0.15) is 0 Å². The maximum absolute atomic E-state index is 12.3. The fraction of sp³-hybridized carbons (Fsp3) is 0.667. The van der Waals surface area contributed by atoms with Gasteiger partial charge in [-0.05, 0) is 66.1 Å². The molecule has 0 radical (unpaired) electrons. The molecule has 1 aromatic rings. The Bertz CT molecular complexity index is 558. The Hall–Kier alpha value is 0.0500. The monoisotopic (exact) mass is 364 g/mol. The minimum absolute atomic E-state index is 0.0818. The van der Waals surface area contributed by atoms with Crippen LogP contribution in [0.2, 0.25) is 0 Å². The molecular weight excluding hydrogens is 348 g/mol. The van der Waals surface area contributed by atoms with Crippen molar-refractivity contribution in [1.29, 1.82) is 0 Å². The van der Waals surface area contributed by atoms with Gasteiger partial charge in [0.05, 0.1) is 0 Å². The van der Waals surface area contributed by atoms with Gasteiger partial charge in [0.2, 0.25) is 0 Å². The minimum Gasteiger partial charge on any atom is -0.300 e. The average molecular weight is 365 g/mol. The zero-order valence-corrected chi connectivity index (χ0v) is 13.7. The second-order valence-electron chi connectivity index (χ2n) is 5.23. The topological polar surface area (TPSA) is 49.4 Å². The summed E-state index contributed by atoms with van der Waals surface area (Å²) >= 11 is 4.55. The molecule has 1 N–H and O–H groups in total. The number of piperidine rings is 1. The molecule has 3 heterocycles. The predicted octanol–water partition coefficient (Wildman–Crippen LogP) is 2.42. The molecule has 4 nitrogen and oxygen atoms in total. The van der Waals surface area contributed by atoms with Crippen LogP contribution in [0.5, 0.6) is 0 Å². The first-order valence-corrected chi connectivity index (χ1v) is 9.71. The van der Waals surface area contributed by atoms with E-state index >= 15 is 0 Å². The number of hydrogen-bond donors (Lipinski definition) is 1. The van der Waals surface area contributed by atoms with E-state index in [4.69, 9.17) is 0 Å². The Kier molecular flexibility index (Phi) is 4.01. The van der Waals surface area contributed by atoms with Crippen LogP contribution in [-0.4, -0.2) is 38.5 Å². The maximum atomic E-state index is 12.3. The van der Waals surface area contributed by atoms with Crippen molar-refractivity contribution in [2.24, 2.45) is 0 Å². The van der Waals surface area contributed by atoms with Gasteiger partial charge in [0.1, 0.15) is 4.21 Å². The molecule has 0 aliphatic carbocycles. The van der Waals surface area contributed by atoms with Crippen LogP contribution in [0.4, 0.5) is 0 Å². The van der Waals surface area contributed by atoms with Gasteiger partial charge in [0.25, 0.3) is 10.0 Å². The van der Waals surface area contributed by atoms with Gasteiger partial charge in [-0.15, -0.1) is 11.3 Å². The van der Waals surface area contributed by atoms with Gasteiger partial charge in [0, 0.05) is 16.6 Å². The molecule has 2 aliphatic rings. The normalized spacial score (nSPS) is 28.5. The molecule has 3 rings (SSSR count). The molecule has 2 fully saturated rings. The summed E-state index contributed by atoms with van der Waals surface area (Å²) in [4.78, 5) is 2.49. The summed E-state index contributed by atoms with van der Waals surface area (Å²) in [6.45, 7) is 2.20. The first-order chi connectivity index (χ1) is 9.06. The van der Waals surface area contributed by atoms with Crippen molar-refractivity contribution >= 4 is 37.3 Å². The Morgan fingerprint density at radius 2 is 2.21 bits per heavy atom. The first-order valence-electron chi connectivity index (χ1n) is 6.55. The zero-order chi connectivity index (χ0) is 13.5. The second-order valence-corrected chi connectivity index (χ2v) is 8.91. The quantitative estimate of drug-likeness (QED) is 0.895. The third-order valence-corrected chi connectivity index (χ3v) is 8.16. The Labute approximate surface area is 126 Å². The lowest BCUT2D eigenvalue weighted by Crippen LogP contribution is -2.47. The fourth-order valence-electron chi connectivity index (χ4n) is 3.08. The lowest BCUT2D eigenvalue weighted by Gasteiger charge is -2.34. The number of thiophene rings is 1. The molecule has 1 aromatic heterocycles. The highest BCUT2D eigenvalue weighted by Crippen LogP contribution is 2.30. The van der Waals surface area contributed by atoms with Crippen molar-refractivity contribution in [3.63, 3.8) is 0 Å². The van der Waals surface area contributed by atoms with E-state index in [0.29, 0.717) is 14.7 Å². The van der Waals surface area contributed by atoms with Crippen LogP contribution < -0.4 is 4.72 Å². The average Bonchev–Trinajstić information content (AvgIpc) is 2.96. The Morgan fingerprint density at radius 3 is 2.95 bits per heavy atom. The van der Waals surface area contributed by atoms with Crippen LogP contribution in [0.25, 0.3) is 0 Å². The maximum Gasteiger partial charge on any atom is 0.251 e. The van der Waals surface area contributed by atoms with Crippen LogP contribution in [0, 0.1) is 0 Å². The summed E-state index contributed by atoms with van der Waals surface area (Å²) in [5, 5.41) is 1.79. The van der Waals surface area contributed by atoms with E-state index in [0.717, 1.165) is 19.4 Å². The predicted molar refractivity (Wildman–Crippen MR) is 80.0 cm³/mol. The van der Waals surface area contributed by atoms with Crippen LogP contribution in [0.15, 0.2) is 20.1 Å². The number of rotatable bonds is 3. The number of halogens is 1. The van der Waals surface area contributed by atoms with Crippen molar-refractivity contribution in [2.45, 2.75) is 42.0 Å². The lowest BCUT2D eigenvalue weighted by molar-refractivity contribution is 0.176. The van der Waals surface area contributed by atoms with Crippen LogP contribution >= 0.6 is 27.3 Å². The molecular formula is C12H17BrN2O2S2. The van der Waals surface area contributed by atoms with Gasteiger partial charge in [-0.25, -0.2) is 13.1 Å². The molecule has 2 saturated heterocycles. The highest BCUT2D eigenvalue weighted by molar-refractivity contribution is 9.10. The molecule has 0 spiro atoms. The molecule has 2 atom stereocenters. The van der Waals surface area contributed by atoms with Crippen molar-refractivity contribution in [1.82, 2.24) is 9.62 Å². The van der Waals surface area contributed by atoms with E-state index < -0.39 is 10.0 Å². The molecule has 7 heteroatoms. The van der Waals surface area contributed by atoms with Crippen LogP contribution in [0.3, 0.4) is 0 Å². The summed E-state index contributed by atoms with van der Waals surface area (Å²) in [5.74, 6) is 0. The van der Waals surface area contributed by atoms with Gasteiger partial charge < -0.3 is 4.90 Å². The first kappa shape index (κ1) is 14.0. The standard InChI is InChI=1S/C12H17BrN2O2S2/c13-11-4-7-18-12(11)19(16,17)14-9-3-6-15-5-1-2-10(15)8-9/h4,7,9-10,14H,1-3,5-6,8H2. The molecule has 19 heavy (non-hydrogen) atoms. The minimum atomic E-state index is -3.37. The van der Waals surface area contributed by atoms with E-state index in [9.17, 15) is 8.42 Å². The smallest absolute Gasteiger partial charge is 0.251 e. The van der Waals surface area contributed by atoms with Crippen molar-refractivity contribution in [3.05, 3.63) is 15.9 Å². The van der Waals surface area contributed by atoms with Crippen molar-refractivity contribution in [3.8, 4) is 0 Å². The molecule has 2 unspecified atom stereocenters. The SMILES string of the molecule is O=S(=O)(NC1CCN2CCCC2C1)c1sccc1Br. The number of nitrogens with zero attached hydrogens (tertiary/aromatic N) is 1. The molecule has 2 aliphatic heterocycles. The fourth-order valence-corrected chi connectivity index (χ4v) is 6.71. The number of hydrogen-bond acceptors (Lipinski definition) is 4. The van der Waals surface area contributed by atoms with Gasteiger partial charge in [0.15, 0.2) is 0 Å². The highest BCUT2D eigenvalue weighted by Gasteiger charge is 2.34. The molecule has 0 saturated carbocycles. The Balaban J connectivity index is 1.70. The summed E-state index contributed by atoms with van der Waals surface area (Å²) in [6.07, 6.45) is 4.32. The van der Waals surface area contributed by atoms with Crippen LogP contribution in [0.1, 0.15) is 25.7 Å². The van der Waals surface area contributed by atoms with E-state index in [-0.39, 0.29) is 6.04 Å². The second kappa shape index (κ2) is 5.44. The summed E-state index contributed by atoms with van der Waals surface area (Å²) in [7, 11) is -3.37. The highest BCUT2D eigenvalue weighted by atomic mass is 79.9. The third-order valence-electron chi connectivity index (χ3n) is 3.97. The third kappa shape index (κ3) is 2.90. The van der Waals surface area contributed by atoms with Gasteiger partial charge >= 0.3 is 0 Å². The molecule has 0 amide bonds. The number of sulfonamides is 1. The zero-order valence-electron chi connectivity index (χ0n) is 10.5. The van der Waals surface area contributed by atoms with E-state index in [1.54, 1.807) is 11.4 Å². The summed E-state index contributed by atoms with van der Waals surface area (Å²) in [5.41, 5.74) is 0. The van der Waals surface area contributed by atoms with Crippen molar-refractivity contribution in [2.75, 3.05) is 13.1 Å². The van der Waals surface area contributed by atoms with E-state index in [1.165, 1.54) is 30.7 Å². The molecule has 0 bridgehead atoms. The largest absolute Gasteiger partial charge is 0.300 e. The van der Waals surface area contributed by atoms with E-state index in [1.807, 2.05) is 0 Å². The van der Waals surface area contributed by atoms with Gasteiger partial charge in [-0.1, -0.05) is 0 Å². The van der Waals surface area contributed by atoms with E-state index in [2.05, 4.69) is 25.6 Å². The Morgan fingerprint density at radius 1 is 1.37 bits per heavy atom. The number of fused-ring (bicyclic) bond motifs is 1. The molecule has 0 aromatic carbocycles. The van der Waals surface area contributed by atoms with Crippen LogP contribution in [-0.2, 0) is 10.0 Å². The number of nitrogens with one attached hydrogen (secondary N) is 1. The summed E-state index contributed by atoms with van der Waals surface area (Å²) < 4.78 is 28.6.